The summed E-state index contributed by atoms with van der Waals surface area (Å²) in [6, 6.07) is 9.49. The number of carbonyl (C=O) groups excluding carboxylic acids is 1. The molecule has 3 rings (SSSR count). The van der Waals surface area contributed by atoms with E-state index >= 15 is 0 Å². The van der Waals surface area contributed by atoms with Gasteiger partial charge in [-0.25, -0.2) is 0 Å². The Morgan fingerprint density at radius 1 is 1.18 bits per heavy atom. The molecule has 1 atom stereocenters. The molecule has 2 aromatic rings. The van der Waals surface area contributed by atoms with Crippen LogP contribution in [0.1, 0.15) is 39.4 Å². The van der Waals surface area contributed by atoms with Gasteiger partial charge in [0.05, 0.1) is 11.5 Å². The van der Waals surface area contributed by atoms with Gasteiger partial charge in [0.15, 0.2) is 5.78 Å². The lowest BCUT2D eigenvalue weighted by Gasteiger charge is -2.10. The van der Waals surface area contributed by atoms with Crippen LogP contribution in [0.25, 0.3) is 0 Å². The molecule has 2 aromatic carbocycles. The number of ketones is 1. The first-order valence-corrected chi connectivity index (χ1v) is 7.24. The van der Waals surface area contributed by atoms with Crippen LogP contribution >= 0.6 is 11.6 Å². The normalized spacial score (nSPS) is 16.3. The molecule has 1 aliphatic carbocycles. The fraction of sp³-hybridized carbons (Fsp3) is 0.176. The van der Waals surface area contributed by atoms with E-state index in [1.54, 1.807) is 24.3 Å². The number of aromatic hydroxyl groups is 1. The number of fused-ring (bicyclic) bond motifs is 1. The molecule has 0 spiro atoms. The number of halogens is 1. The number of carbonyl (C=O) groups is 2. The van der Waals surface area contributed by atoms with Gasteiger partial charge in [-0.1, -0.05) is 23.7 Å². The minimum Gasteiger partial charge on any atom is -0.507 e. The van der Waals surface area contributed by atoms with Crippen LogP contribution in [-0.4, -0.2) is 22.0 Å². The summed E-state index contributed by atoms with van der Waals surface area (Å²) in [7, 11) is 0. The maximum absolute atomic E-state index is 12.5. The molecular formula is C17H13ClO4. The second-order valence-electron chi connectivity index (χ2n) is 5.34. The van der Waals surface area contributed by atoms with Crippen LogP contribution in [0, 0.1) is 0 Å². The van der Waals surface area contributed by atoms with Gasteiger partial charge in [-0.15, -0.1) is 0 Å². The number of carboxylic acids is 1. The van der Waals surface area contributed by atoms with Crippen LogP contribution < -0.4 is 0 Å². The molecule has 0 radical (unpaired) electrons. The van der Waals surface area contributed by atoms with E-state index in [-0.39, 0.29) is 17.1 Å². The number of aliphatic carboxylic acids is 1. The zero-order valence-electron chi connectivity index (χ0n) is 11.5. The molecule has 0 aliphatic heterocycles. The zero-order valence-corrected chi connectivity index (χ0v) is 12.3. The largest absolute Gasteiger partial charge is 0.507 e. The number of hydrogen-bond acceptors (Lipinski definition) is 3. The number of benzene rings is 2. The molecule has 1 aliphatic rings. The summed E-state index contributed by atoms with van der Waals surface area (Å²) >= 11 is 5.88. The smallest absolute Gasteiger partial charge is 0.310 e. The fourth-order valence-corrected chi connectivity index (χ4v) is 3.06. The van der Waals surface area contributed by atoms with Gasteiger partial charge in [0.2, 0.25) is 0 Å². The Labute approximate surface area is 132 Å². The number of phenols is 1. The molecule has 0 saturated heterocycles. The third-order valence-corrected chi connectivity index (χ3v) is 4.20. The number of rotatable bonds is 3. The van der Waals surface area contributed by atoms with Crippen molar-refractivity contribution in [2.24, 2.45) is 0 Å². The van der Waals surface area contributed by atoms with Crippen molar-refractivity contribution < 1.29 is 19.8 Å². The topological polar surface area (TPSA) is 74.6 Å². The van der Waals surface area contributed by atoms with Crippen molar-refractivity contribution in [3.63, 3.8) is 0 Å². The average molecular weight is 317 g/mol. The Morgan fingerprint density at radius 3 is 2.64 bits per heavy atom. The van der Waals surface area contributed by atoms with Gasteiger partial charge in [-0.05, 0) is 48.2 Å². The third-order valence-electron chi connectivity index (χ3n) is 3.96. The average Bonchev–Trinajstić information content (AvgIpc) is 2.88. The molecule has 0 saturated carbocycles. The Bertz CT molecular complexity index is 782. The number of carboxylic acid groups (broad SMARTS) is 1. The highest BCUT2D eigenvalue weighted by molar-refractivity contribution is 6.31. The molecule has 22 heavy (non-hydrogen) atoms. The Morgan fingerprint density at radius 2 is 1.95 bits per heavy atom. The van der Waals surface area contributed by atoms with E-state index in [9.17, 15) is 19.8 Å². The van der Waals surface area contributed by atoms with Crippen molar-refractivity contribution in [1.29, 1.82) is 0 Å². The van der Waals surface area contributed by atoms with Crippen molar-refractivity contribution in [3.8, 4) is 5.75 Å². The minimum absolute atomic E-state index is 0.173. The molecule has 1 unspecified atom stereocenters. The highest BCUT2D eigenvalue weighted by Crippen LogP contribution is 2.37. The summed E-state index contributed by atoms with van der Waals surface area (Å²) in [4.78, 5) is 23.7. The summed E-state index contributed by atoms with van der Waals surface area (Å²) in [6.07, 6.45) is 1.07. The predicted molar refractivity (Wildman–Crippen MR) is 81.7 cm³/mol. The molecule has 0 fully saturated rings. The maximum atomic E-state index is 12.5. The minimum atomic E-state index is -0.910. The molecule has 2 N–H and O–H groups in total. The second-order valence-corrected chi connectivity index (χ2v) is 5.77. The van der Waals surface area contributed by atoms with E-state index < -0.39 is 11.9 Å². The molecule has 4 nitrogen and oxygen atoms in total. The highest BCUT2D eigenvalue weighted by atomic mass is 35.5. The van der Waals surface area contributed by atoms with Crippen LogP contribution in [-0.2, 0) is 11.2 Å². The number of aryl methyl sites for hydroxylation is 1. The standard InChI is InChI=1S/C17H13ClO4/c18-11-3-1-2-10(6-11)16(20)14-7-9-4-5-12(17(21)22)13(9)8-15(14)19/h1-3,6-8,12,19H,4-5H2,(H,21,22). The van der Waals surface area contributed by atoms with Crippen molar-refractivity contribution >= 4 is 23.4 Å². The quantitative estimate of drug-likeness (QED) is 0.851. The van der Waals surface area contributed by atoms with Gasteiger partial charge in [0, 0.05) is 10.6 Å². The Hall–Kier alpha value is -2.33. The van der Waals surface area contributed by atoms with E-state index in [1.807, 2.05) is 0 Å². The van der Waals surface area contributed by atoms with Gasteiger partial charge < -0.3 is 10.2 Å². The van der Waals surface area contributed by atoms with Gasteiger partial charge in [0.1, 0.15) is 5.75 Å². The van der Waals surface area contributed by atoms with E-state index in [1.165, 1.54) is 12.1 Å². The lowest BCUT2D eigenvalue weighted by molar-refractivity contribution is -0.138. The van der Waals surface area contributed by atoms with E-state index in [0.717, 1.165) is 5.56 Å². The van der Waals surface area contributed by atoms with Crippen LogP contribution in [0.4, 0.5) is 0 Å². The van der Waals surface area contributed by atoms with E-state index in [0.29, 0.717) is 29.0 Å². The van der Waals surface area contributed by atoms with Crippen LogP contribution in [0.5, 0.6) is 5.75 Å². The molecule has 0 amide bonds. The van der Waals surface area contributed by atoms with Gasteiger partial charge in [-0.2, -0.15) is 0 Å². The van der Waals surface area contributed by atoms with Crippen molar-refractivity contribution in [2.75, 3.05) is 0 Å². The van der Waals surface area contributed by atoms with Gasteiger partial charge in [0.25, 0.3) is 0 Å². The number of hydrogen-bond donors (Lipinski definition) is 2. The molecular weight excluding hydrogens is 304 g/mol. The van der Waals surface area contributed by atoms with Crippen molar-refractivity contribution in [1.82, 2.24) is 0 Å². The number of phenolic OH excluding ortho intramolecular Hbond substituents is 1. The first-order valence-electron chi connectivity index (χ1n) is 6.86. The monoisotopic (exact) mass is 316 g/mol. The zero-order chi connectivity index (χ0) is 15.9. The Kier molecular flexibility index (Phi) is 3.62. The molecule has 0 aromatic heterocycles. The van der Waals surface area contributed by atoms with Crippen molar-refractivity contribution in [2.45, 2.75) is 18.8 Å². The SMILES string of the molecule is O=C(c1cccc(Cl)c1)c1cc2c(cc1O)C(C(=O)O)CC2. The summed E-state index contributed by atoms with van der Waals surface area (Å²) in [5, 5.41) is 19.7. The second kappa shape index (κ2) is 5.46. The molecule has 0 heterocycles. The first-order chi connectivity index (χ1) is 10.5. The van der Waals surface area contributed by atoms with Gasteiger partial charge in [-0.3, -0.25) is 9.59 Å². The first kappa shape index (κ1) is 14.6. The molecule has 0 bridgehead atoms. The van der Waals surface area contributed by atoms with Gasteiger partial charge >= 0.3 is 5.97 Å². The van der Waals surface area contributed by atoms with E-state index in [2.05, 4.69) is 0 Å². The summed E-state index contributed by atoms with van der Waals surface area (Å²) in [6.45, 7) is 0. The summed E-state index contributed by atoms with van der Waals surface area (Å²) < 4.78 is 0. The lowest BCUT2D eigenvalue weighted by Crippen LogP contribution is -2.08. The van der Waals surface area contributed by atoms with Crippen molar-refractivity contribution in [3.05, 3.63) is 63.7 Å². The lowest BCUT2D eigenvalue weighted by atomic mass is 9.95. The van der Waals surface area contributed by atoms with Crippen LogP contribution in [0.15, 0.2) is 36.4 Å². The molecule has 112 valence electrons. The predicted octanol–water partition coefficient (Wildman–Crippen LogP) is 3.39. The fourth-order valence-electron chi connectivity index (χ4n) is 2.87. The summed E-state index contributed by atoms with van der Waals surface area (Å²) in [5.74, 6) is -2.05. The Balaban J connectivity index is 2.03. The highest BCUT2D eigenvalue weighted by Gasteiger charge is 2.30. The molecule has 5 heteroatoms. The van der Waals surface area contributed by atoms with Crippen LogP contribution in [0.2, 0.25) is 5.02 Å². The summed E-state index contributed by atoms with van der Waals surface area (Å²) in [5.41, 5.74) is 1.95. The maximum Gasteiger partial charge on any atom is 0.310 e. The van der Waals surface area contributed by atoms with E-state index in [4.69, 9.17) is 11.6 Å². The van der Waals surface area contributed by atoms with Crippen LogP contribution in [0.3, 0.4) is 0 Å². The third kappa shape index (κ3) is 2.46.